The van der Waals surface area contributed by atoms with Crippen LogP contribution in [0.15, 0.2) is 48.5 Å². The highest BCUT2D eigenvalue weighted by Gasteiger charge is 2.51. The fourth-order valence-electron chi connectivity index (χ4n) is 4.59. The third-order valence-electron chi connectivity index (χ3n) is 6.47. The van der Waals surface area contributed by atoms with Crippen molar-refractivity contribution in [3.63, 3.8) is 0 Å². The molecule has 2 aromatic rings. The van der Waals surface area contributed by atoms with E-state index in [1.807, 2.05) is 29.2 Å². The van der Waals surface area contributed by atoms with Crippen LogP contribution >= 0.6 is 23.2 Å². The molecule has 184 valence electrons. The van der Waals surface area contributed by atoms with Crippen LogP contribution in [-0.2, 0) is 14.8 Å². The lowest BCUT2D eigenvalue weighted by Crippen LogP contribution is -2.56. The molecule has 1 aliphatic heterocycles. The van der Waals surface area contributed by atoms with E-state index < -0.39 is 20.2 Å². The van der Waals surface area contributed by atoms with E-state index in [2.05, 4.69) is 39.2 Å². The molecule has 2 atom stereocenters. The van der Waals surface area contributed by atoms with Crippen molar-refractivity contribution in [2.45, 2.75) is 58.3 Å². The van der Waals surface area contributed by atoms with Gasteiger partial charge in [-0.1, -0.05) is 62.2 Å². The van der Waals surface area contributed by atoms with E-state index in [9.17, 15) is 9.59 Å². The van der Waals surface area contributed by atoms with Crippen molar-refractivity contribution in [1.82, 2.24) is 10.2 Å². The average Bonchev–Trinajstić information content (AvgIpc) is 3.00. The van der Waals surface area contributed by atoms with E-state index in [-0.39, 0.29) is 17.2 Å². The normalized spacial score (nSPS) is 20.5. The molecule has 2 unspecified atom stereocenters. The minimum absolute atomic E-state index is 0.118. The van der Waals surface area contributed by atoms with Crippen molar-refractivity contribution < 1.29 is 14.0 Å². The van der Waals surface area contributed by atoms with Gasteiger partial charge in [0.15, 0.2) is 9.04 Å². The third-order valence-corrected chi connectivity index (χ3v) is 7.81. The number of nitrogens with one attached hydrogen (secondary N) is 1. The molecule has 0 radical (unpaired) electrons. The Balaban J connectivity index is 1.92. The van der Waals surface area contributed by atoms with E-state index in [0.29, 0.717) is 35.1 Å². The molecule has 0 spiro atoms. The molecule has 34 heavy (non-hydrogen) atoms. The summed E-state index contributed by atoms with van der Waals surface area (Å²) in [5.74, 6) is -0.435. The fraction of sp³-hybridized carbons (Fsp3) is 0.462. The fourth-order valence-corrected chi connectivity index (χ4v) is 6.34. The standard InChI is InChI=1S/C26H34Cl2N2O3Si/c1-24(2,3)26(33-34(5)6,19-10-8-12-21(28)16-19)17-30-14-13-25(4,23(30)32)29-22(31)18-9-7-11-20(27)15-18/h7-12,15-16,34H,13-14,17H2,1-6H3,(H,29,31). The summed E-state index contributed by atoms with van der Waals surface area (Å²) in [5.41, 5.74) is -0.684. The Kier molecular flexibility index (Phi) is 7.88. The summed E-state index contributed by atoms with van der Waals surface area (Å²) >= 11 is 12.4. The van der Waals surface area contributed by atoms with Crippen LogP contribution in [0.4, 0.5) is 0 Å². The van der Waals surface area contributed by atoms with Gasteiger partial charge < -0.3 is 14.6 Å². The number of hydrogen-bond donors (Lipinski definition) is 1. The molecule has 2 amide bonds. The first-order valence-electron chi connectivity index (χ1n) is 11.6. The number of benzene rings is 2. The van der Waals surface area contributed by atoms with Gasteiger partial charge in [0.05, 0.1) is 6.54 Å². The number of amides is 2. The molecule has 2 aromatic carbocycles. The summed E-state index contributed by atoms with van der Waals surface area (Å²) in [5, 5.41) is 4.06. The molecule has 0 bridgehead atoms. The number of halogens is 2. The van der Waals surface area contributed by atoms with Gasteiger partial charge in [-0.15, -0.1) is 0 Å². The number of likely N-dealkylation sites (tertiary alicyclic amines) is 1. The Bertz CT molecular complexity index is 1070. The van der Waals surface area contributed by atoms with E-state index in [0.717, 1.165) is 5.56 Å². The summed E-state index contributed by atoms with van der Waals surface area (Å²) in [6.45, 7) is 13.3. The molecule has 3 rings (SSSR count). The van der Waals surface area contributed by atoms with Crippen LogP contribution in [-0.4, -0.2) is 44.4 Å². The van der Waals surface area contributed by atoms with E-state index in [1.54, 1.807) is 31.2 Å². The quantitative estimate of drug-likeness (QED) is 0.479. The summed E-state index contributed by atoms with van der Waals surface area (Å²) in [4.78, 5) is 28.4. The molecule has 1 saturated heterocycles. The first-order chi connectivity index (χ1) is 15.8. The second kappa shape index (κ2) is 10.0. The molecular formula is C26H34Cl2N2O3Si. The largest absolute Gasteiger partial charge is 0.409 e. The number of hydrogen-bond acceptors (Lipinski definition) is 3. The van der Waals surface area contributed by atoms with Gasteiger partial charge in [0.25, 0.3) is 5.91 Å². The highest BCUT2D eigenvalue weighted by molar-refractivity contribution is 6.48. The zero-order valence-electron chi connectivity index (χ0n) is 20.7. The smallest absolute Gasteiger partial charge is 0.252 e. The van der Waals surface area contributed by atoms with Crippen molar-refractivity contribution in [2.75, 3.05) is 13.1 Å². The first kappa shape index (κ1) is 26.7. The summed E-state index contributed by atoms with van der Waals surface area (Å²) in [6, 6.07) is 14.4. The Morgan fingerprint density at radius 1 is 1.12 bits per heavy atom. The average molecular weight is 522 g/mol. The topological polar surface area (TPSA) is 58.6 Å². The van der Waals surface area contributed by atoms with Crippen LogP contribution in [0.1, 0.15) is 50.0 Å². The predicted octanol–water partition coefficient (Wildman–Crippen LogP) is 5.66. The zero-order valence-corrected chi connectivity index (χ0v) is 23.4. The Morgan fingerprint density at radius 2 is 1.74 bits per heavy atom. The number of carbonyl (C=O) groups is 2. The van der Waals surface area contributed by atoms with Crippen molar-refractivity contribution in [1.29, 1.82) is 0 Å². The molecule has 0 aliphatic carbocycles. The van der Waals surface area contributed by atoms with Crippen molar-refractivity contribution in [3.05, 3.63) is 69.7 Å². The summed E-state index contributed by atoms with van der Waals surface area (Å²) < 4.78 is 6.77. The maximum Gasteiger partial charge on any atom is 0.252 e. The minimum atomic E-state index is -1.53. The van der Waals surface area contributed by atoms with Crippen LogP contribution in [0.25, 0.3) is 0 Å². The van der Waals surface area contributed by atoms with Crippen molar-refractivity contribution in [2.24, 2.45) is 5.41 Å². The molecular weight excluding hydrogens is 487 g/mol. The molecule has 1 heterocycles. The number of carbonyl (C=O) groups excluding carboxylic acids is 2. The first-order valence-corrected chi connectivity index (χ1v) is 15.1. The molecule has 5 nitrogen and oxygen atoms in total. The number of rotatable bonds is 7. The summed E-state index contributed by atoms with van der Waals surface area (Å²) in [7, 11) is -1.53. The van der Waals surface area contributed by atoms with Gasteiger partial charge in [-0.3, -0.25) is 9.59 Å². The predicted molar refractivity (Wildman–Crippen MR) is 141 cm³/mol. The van der Waals surface area contributed by atoms with Crippen LogP contribution in [0.2, 0.25) is 23.1 Å². The van der Waals surface area contributed by atoms with Gasteiger partial charge in [-0.25, -0.2) is 0 Å². The van der Waals surface area contributed by atoms with Crippen LogP contribution in [0.3, 0.4) is 0 Å². The molecule has 8 heteroatoms. The van der Waals surface area contributed by atoms with E-state index in [4.69, 9.17) is 27.6 Å². The second-order valence-corrected chi connectivity index (χ2v) is 13.7. The lowest BCUT2D eigenvalue weighted by molar-refractivity contribution is -0.138. The number of nitrogens with zero attached hydrogens (tertiary/aromatic N) is 1. The van der Waals surface area contributed by atoms with Gasteiger partial charge in [-0.2, -0.15) is 0 Å². The Morgan fingerprint density at radius 3 is 2.29 bits per heavy atom. The molecule has 0 saturated carbocycles. The maximum atomic E-state index is 13.7. The van der Waals surface area contributed by atoms with Gasteiger partial charge in [-0.05, 0) is 67.7 Å². The highest BCUT2D eigenvalue weighted by Crippen LogP contribution is 2.45. The van der Waals surface area contributed by atoms with Crippen LogP contribution in [0, 0.1) is 5.41 Å². The maximum absolute atomic E-state index is 13.7. The van der Waals surface area contributed by atoms with Crippen LogP contribution in [0.5, 0.6) is 0 Å². The summed E-state index contributed by atoms with van der Waals surface area (Å²) in [6.07, 6.45) is 0.507. The lowest BCUT2D eigenvalue weighted by Gasteiger charge is -2.48. The van der Waals surface area contributed by atoms with Crippen molar-refractivity contribution >= 4 is 44.1 Å². The Hall–Kier alpha value is -1.86. The van der Waals surface area contributed by atoms with Gasteiger partial charge in [0.2, 0.25) is 5.91 Å². The molecule has 1 aliphatic rings. The van der Waals surface area contributed by atoms with Crippen LogP contribution < -0.4 is 5.32 Å². The van der Waals surface area contributed by atoms with Crippen molar-refractivity contribution in [3.8, 4) is 0 Å². The highest BCUT2D eigenvalue weighted by atomic mass is 35.5. The van der Waals surface area contributed by atoms with Gasteiger partial charge in [0, 0.05) is 22.2 Å². The third kappa shape index (κ3) is 5.51. The lowest BCUT2D eigenvalue weighted by atomic mass is 9.71. The van der Waals surface area contributed by atoms with E-state index >= 15 is 0 Å². The molecule has 0 aromatic heterocycles. The molecule has 1 N–H and O–H groups in total. The van der Waals surface area contributed by atoms with Gasteiger partial charge in [0.1, 0.15) is 11.1 Å². The minimum Gasteiger partial charge on any atom is -0.409 e. The Labute approximate surface area is 214 Å². The van der Waals surface area contributed by atoms with Gasteiger partial charge >= 0.3 is 0 Å². The second-order valence-electron chi connectivity index (χ2n) is 10.5. The molecule has 1 fully saturated rings. The zero-order chi connectivity index (χ0) is 25.3. The monoisotopic (exact) mass is 520 g/mol. The van der Waals surface area contributed by atoms with E-state index in [1.165, 1.54) is 0 Å². The SMILES string of the molecule is C[SiH](C)OC(CN1CCC(C)(NC(=O)c2cccc(Cl)c2)C1=O)(c1cccc(Cl)c1)C(C)(C)C.